The summed E-state index contributed by atoms with van der Waals surface area (Å²) in [4.78, 5) is 25.2. The maximum absolute atomic E-state index is 5.79. The first-order chi connectivity index (χ1) is 52.2. The van der Waals surface area contributed by atoms with Crippen molar-refractivity contribution in [2.75, 3.05) is 14.7 Å². The number of rotatable bonds is 9. The van der Waals surface area contributed by atoms with E-state index in [-0.39, 0.29) is 32.9 Å². The van der Waals surface area contributed by atoms with Gasteiger partial charge in [-0.2, -0.15) is 0 Å². The predicted octanol–water partition coefficient (Wildman–Crippen LogP) is 26.9. The Morgan fingerprint density at radius 3 is 0.925 bits per heavy atom. The number of para-hydroxylation sites is 3. The summed E-state index contributed by atoms with van der Waals surface area (Å²) in [6, 6.07) is 101. The van der Waals surface area contributed by atoms with Gasteiger partial charge in [0, 0.05) is 89.1 Å². The quantitative estimate of drug-likeness (QED) is 0.144. The Morgan fingerprint density at radius 1 is 0.234 bits per heavy atom. The van der Waals surface area contributed by atoms with Gasteiger partial charge in [-0.3, -0.25) is 0 Å². The highest BCUT2D eigenvalue weighted by Crippen LogP contribution is 2.65. The van der Waals surface area contributed by atoms with Gasteiger partial charge in [-0.1, -0.05) is 205 Å². The minimum atomic E-state index is -0.0496. The van der Waals surface area contributed by atoms with Crippen LogP contribution in [0, 0.1) is 0 Å². The fraction of sp³-hybridized carbons (Fsp3) is 0.238. The largest absolute Gasteiger partial charge is 0.334 e. The van der Waals surface area contributed by atoms with Gasteiger partial charge in [0.15, 0.2) is 0 Å². The van der Waals surface area contributed by atoms with Gasteiger partial charge in [-0.15, -0.1) is 0 Å². The smallest absolute Gasteiger partial charge is 0.0716 e. The molecule has 0 bridgehead atoms. The highest BCUT2D eigenvalue weighted by Gasteiger charge is 2.60. The summed E-state index contributed by atoms with van der Waals surface area (Å²) in [6.07, 6.45) is 14.4. The predicted molar refractivity (Wildman–Crippen MR) is 448 cm³/mol. The molecule has 6 nitrogen and oxygen atoms in total. The zero-order chi connectivity index (χ0) is 71.5. The van der Waals surface area contributed by atoms with Crippen molar-refractivity contribution in [3.05, 3.63) is 284 Å². The second kappa shape index (κ2) is 22.7. The third-order valence-corrected chi connectivity index (χ3v) is 28.8. The highest BCUT2D eigenvalue weighted by atomic mass is 15.3. The molecule has 6 atom stereocenters. The summed E-state index contributed by atoms with van der Waals surface area (Å²) in [7, 11) is 0. The third kappa shape index (κ3) is 8.56. The van der Waals surface area contributed by atoms with Gasteiger partial charge < -0.3 is 14.7 Å². The van der Waals surface area contributed by atoms with Crippen LogP contribution in [0.5, 0.6) is 0 Å². The molecule has 0 N–H and O–H groups in total. The van der Waals surface area contributed by atoms with Crippen LogP contribution in [-0.4, -0.2) is 31.6 Å². The van der Waals surface area contributed by atoms with Gasteiger partial charge in [0.25, 0.3) is 0 Å². The number of pyridine rings is 3. The van der Waals surface area contributed by atoms with E-state index < -0.39 is 0 Å². The van der Waals surface area contributed by atoms with Crippen LogP contribution >= 0.6 is 0 Å². The van der Waals surface area contributed by atoms with E-state index in [1.165, 1.54) is 172 Å². The van der Waals surface area contributed by atoms with E-state index >= 15 is 0 Å². The third-order valence-electron chi connectivity index (χ3n) is 28.8. The molecule has 13 aromatic carbocycles. The molecule has 6 heterocycles. The number of hydrogen-bond acceptors (Lipinski definition) is 6. The molecular weight excluding hydrogens is 1300 g/mol. The van der Waals surface area contributed by atoms with Gasteiger partial charge in [0.1, 0.15) is 0 Å². The van der Waals surface area contributed by atoms with Crippen molar-refractivity contribution in [2.45, 2.75) is 151 Å². The van der Waals surface area contributed by atoms with Crippen molar-refractivity contribution in [1.82, 2.24) is 15.0 Å². The van der Waals surface area contributed by atoms with Crippen molar-refractivity contribution in [3.8, 4) is 67.5 Å². The molecule has 0 spiro atoms. The van der Waals surface area contributed by atoms with E-state index in [0.29, 0.717) is 0 Å². The number of anilines is 6. The van der Waals surface area contributed by atoms with Crippen LogP contribution in [0.25, 0.3) is 132 Å². The molecule has 3 aromatic heterocycles. The highest BCUT2D eigenvalue weighted by molar-refractivity contribution is 6.39. The van der Waals surface area contributed by atoms with Crippen LogP contribution in [0.3, 0.4) is 0 Å². The topological polar surface area (TPSA) is 48.4 Å². The van der Waals surface area contributed by atoms with Gasteiger partial charge in [-0.25, -0.2) is 15.0 Å². The van der Waals surface area contributed by atoms with Gasteiger partial charge in [-0.05, 0) is 257 Å². The first kappa shape index (κ1) is 63.1. The average Bonchev–Trinajstić information content (AvgIpc) is 1.56. The van der Waals surface area contributed by atoms with Crippen molar-refractivity contribution < 1.29 is 0 Å². The van der Waals surface area contributed by atoms with Crippen LogP contribution in [0.2, 0.25) is 0 Å². The summed E-state index contributed by atoms with van der Waals surface area (Å²) in [6.45, 7) is 15.1. The number of aromatic nitrogens is 3. The van der Waals surface area contributed by atoms with Gasteiger partial charge in [0.05, 0.1) is 50.8 Å². The number of benzene rings is 11. The fourth-order valence-electron chi connectivity index (χ4n) is 22.8. The molecule has 0 saturated heterocycles. The van der Waals surface area contributed by atoms with Gasteiger partial charge in [0.2, 0.25) is 0 Å². The average molecular weight is 1380 g/mol. The molecule has 6 unspecified atom stereocenters. The SMILES string of the molecule is CC12CCCCC1(C)N(c1ccccc1)c1ccc(-c3cccc(-c4ccc5c6cc7c(cc6c6cccc4c65)c4ccc(-c5cccc(-c6ccc8c(c6)C6(C)CCCCC6(C)N8c6ccccc6)n5)c5c(-c6cccc(-c8ccc9c(c8)C8(C)CCCCC8(C)N9c8ccccc8)n6)ccc7c54)n3)cc12. The lowest BCUT2D eigenvalue weighted by Crippen LogP contribution is -2.54. The standard InChI is InChI=1S/C101H86N6/c1-96-52-16-19-55-99(96,4)105(66-26-10-7-11-27-66)90-49-40-63(58-81(90)96)84-34-23-37-87(102-84)69-43-44-72-78-62-80-74-46-48-76(89-39-25-36-86(104-89)65-42-51-92-83(60-65)98(3)54-18-21-57-101(98,6)107(92)68-30-14-9-15-31-68)95-75(47-45-73(94(74)95)79(80)61-77(78)71-33-22-32-70(69)93(71)72)88-38-24-35-85(103-88)64-41-50-91-82(59-64)97(2)53-17-20-56-100(97,5)106(91)67-28-12-8-13-29-67/h7-15,22-51,58-62H,16-21,52-57H2,1-6H3. The molecule has 3 aliphatic heterocycles. The second-order valence-corrected chi connectivity index (χ2v) is 33.8. The molecule has 3 saturated carbocycles. The van der Waals surface area contributed by atoms with Crippen molar-refractivity contribution in [3.63, 3.8) is 0 Å². The molecule has 6 heteroatoms. The number of hydrogen-bond donors (Lipinski definition) is 0. The van der Waals surface area contributed by atoms with Gasteiger partial charge >= 0.3 is 0 Å². The van der Waals surface area contributed by atoms with E-state index in [0.717, 1.165) is 87.7 Å². The summed E-state index contributed by atoms with van der Waals surface area (Å²) >= 11 is 0. The normalized spacial score (nSPS) is 23.7. The zero-order valence-electron chi connectivity index (χ0n) is 62.1. The van der Waals surface area contributed by atoms with E-state index in [9.17, 15) is 0 Å². The molecule has 0 radical (unpaired) electrons. The van der Waals surface area contributed by atoms with Crippen LogP contribution < -0.4 is 14.7 Å². The molecule has 107 heavy (non-hydrogen) atoms. The zero-order valence-corrected chi connectivity index (χ0v) is 62.1. The van der Waals surface area contributed by atoms with E-state index in [4.69, 9.17) is 15.0 Å². The molecule has 0 amide bonds. The summed E-state index contributed by atoms with van der Waals surface area (Å²) < 4.78 is 0. The lowest BCUT2D eigenvalue weighted by molar-refractivity contribution is 0.195. The molecule has 16 aromatic rings. The molecular formula is C101H86N6. The van der Waals surface area contributed by atoms with Crippen LogP contribution in [0.15, 0.2) is 267 Å². The Bertz CT molecular complexity index is 6110. The molecule has 520 valence electrons. The maximum Gasteiger partial charge on any atom is 0.0716 e. The number of nitrogens with zero attached hydrogens (tertiary/aromatic N) is 6. The number of fused-ring (bicyclic) bond motifs is 15. The Hall–Kier alpha value is -11.2. The minimum absolute atomic E-state index is 0.00768. The molecule has 3 aliphatic carbocycles. The van der Waals surface area contributed by atoms with Crippen LogP contribution in [0.4, 0.5) is 34.1 Å². The van der Waals surface area contributed by atoms with E-state index in [1.807, 2.05) is 0 Å². The van der Waals surface area contributed by atoms with Crippen LogP contribution in [-0.2, 0) is 16.2 Å². The Kier molecular flexibility index (Phi) is 13.4. The summed E-state index contributed by atoms with van der Waals surface area (Å²) in [5, 5.41) is 15.1. The lowest BCUT2D eigenvalue weighted by Gasteiger charge is -2.50. The van der Waals surface area contributed by atoms with Crippen molar-refractivity contribution in [2.24, 2.45) is 0 Å². The monoisotopic (exact) mass is 1380 g/mol. The van der Waals surface area contributed by atoms with E-state index in [2.05, 4.69) is 323 Å². The van der Waals surface area contributed by atoms with Crippen molar-refractivity contribution in [1.29, 1.82) is 0 Å². The Labute approximate surface area is 627 Å². The summed E-state index contributed by atoms with van der Waals surface area (Å²) in [5.74, 6) is 0. The maximum atomic E-state index is 5.79. The van der Waals surface area contributed by atoms with Crippen LogP contribution in [0.1, 0.15) is 135 Å². The summed E-state index contributed by atoms with van der Waals surface area (Å²) in [5.41, 5.74) is 24.6. The Balaban J connectivity index is 0.687. The minimum Gasteiger partial charge on any atom is -0.334 e. The molecule has 22 rings (SSSR count). The van der Waals surface area contributed by atoms with Crippen molar-refractivity contribution >= 4 is 98.8 Å². The van der Waals surface area contributed by atoms with E-state index in [1.54, 1.807) is 0 Å². The fourth-order valence-corrected chi connectivity index (χ4v) is 22.8. The first-order valence-corrected chi connectivity index (χ1v) is 39.5. The lowest BCUT2D eigenvalue weighted by atomic mass is 9.61. The first-order valence-electron chi connectivity index (χ1n) is 39.5. The molecule has 6 aliphatic rings. The molecule has 3 fully saturated rings. The Morgan fingerprint density at radius 2 is 0.542 bits per heavy atom. The second-order valence-electron chi connectivity index (χ2n) is 33.8.